The summed E-state index contributed by atoms with van der Waals surface area (Å²) in [6.07, 6.45) is -8.10. The van der Waals surface area contributed by atoms with Crippen molar-refractivity contribution in [1.82, 2.24) is 4.98 Å². The van der Waals surface area contributed by atoms with Crippen molar-refractivity contribution in [1.29, 1.82) is 0 Å². The van der Waals surface area contributed by atoms with E-state index in [1.54, 1.807) is 0 Å². The normalized spacial score (nSPS) is 20.2. The fourth-order valence-electron chi connectivity index (χ4n) is 2.93. The molecule has 3 nitrogen and oxygen atoms in total. The predicted octanol–water partition coefficient (Wildman–Crippen LogP) is 4.36. The summed E-state index contributed by atoms with van der Waals surface area (Å²) in [5.74, 6) is 0. The molecule has 9 heteroatoms. The molecule has 138 valence electrons. The number of aromatic nitrogens is 1. The molecule has 0 aliphatic carbocycles. The summed E-state index contributed by atoms with van der Waals surface area (Å²) in [6, 6.07) is 6.74. The fraction of sp³-hybridized carbons (Fsp3) is 0.235. The zero-order valence-corrected chi connectivity index (χ0v) is 13.0. The number of aliphatic hydroxyl groups excluding tert-OH is 1. The number of nitrogens with zero attached hydrogens (tertiary/aromatic N) is 1. The van der Waals surface area contributed by atoms with Gasteiger partial charge in [-0.05, 0) is 29.8 Å². The molecule has 26 heavy (non-hydrogen) atoms. The Balaban J connectivity index is 2.33. The molecule has 0 bridgehead atoms. The first kappa shape index (κ1) is 18.2. The van der Waals surface area contributed by atoms with E-state index in [4.69, 9.17) is 0 Å². The average molecular weight is 374 g/mol. The molecule has 0 amide bonds. The third kappa shape index (κ3) is 2.82. The van der Waals surface area contributed by atoms with Crippen molar-refractivity contribution < 1.29 is 31.4 Å². The Kier molecular flexibility index (Phi) is 4.22. The van der Waals surface area contributed by atoms with E-state index in [0.29, 0.717) is 12.1 Å². The Morgan fingerprint density at radius 3 is 2.27 bits per heavy atom. The van der Waals surface area contributed by atoms with Crippen LogP contribution in [0.2, 0.25) is 0 Å². The van der Waals surface area contributed by atoms with Gasteiger partial charge in [-0.3, -0.25) is 4.98 Å². The molecule has 0 fully saturated rings. The highest BCUT2D eigenvalue weighted by Crippen LogP contribution is 2.50. The lowest BCUT2D eigenvalue weighted by molar-refractivity contribution is -0.169. The lowest BCUT2D eigenvalue weighted by Crippen LogP contribution is -2.50. The van der Waals surface area contributed by atoms with Gasteiger partial charge in [-0.15, -0.1) is 0 Å². The fourth-order valence-corrected chi connectivity index (χ4v) is 2.93. The molecule has 2 N–H and O–H groups in total. The monoisotopic (exact) mass is 374 g/mol. The van der Waals surface area contributed by atoms with Gasteiger partial charge in [0.1, 0.15) is 0 Å². The standard InChI is InChI=1S/C17H12F6N2O/c18-16(19,20)12-5-3-4-11-10(9-26)8-15(17(21,22)23,25-14(11)12)13-6-1-2-7-24-13/h1-8,25-26H,9H2. The van der Waals surface area contributed by atoms with Gasteiger partial charge in [0.2, 0.25) is 0 Å². The van der Waals surface area contributed by atoms with Crippen molar-refractivity contribution in [2.45, 2.75) is 17.9 Å². The van der Waals surface area contributed by atoms with Crippen LogP contribution >= 0.6 is 0 Å². The molecule has 0 radical (unpaired) electrons. The van der Waals surface area contributed by atoms with Crippen LogP contribution < -0.4 is 5.32 Å². The van der Waals surface area contributed by atoms with Gasteiger partial charge >= 0.3 is 12.4 Å². The van der Waals surface area contributed by atoms with Crippen molar-refractivity contribution in [3.05, 3.63) is 65.5 Å². The molecule has 2 aromatic rings. The predicted molar refractivity (Wildman–Crippen MR) is 82.1 cm³/mol. The third-order valence-electron chi connectivity index (χ3n) is 4.12. The zero-order chi connectivity index (χ0) is 19.2. The number of fused-ring (bicyclic) bond motifs is 1. The van der Waals surface area contributed by atoms with E-state index in [1.165, 1.54) is 18.2 Å². The zero-order valence-electron chi connectivity index (χ0n) is 13.0. The van der Waals surface area contributed by atoms with Crippen LogP contribution in [0.25, 0.3) is 5.57 Å². The SMILES string of the molecule is OCC1=CC(c2ccccn2)(C(F)(F)F)Nc2c1cccc2C(F)(F)F. The summed E-state index contributed by atoms with van der Waals surface area (Å²) < 4.78 is 82.0. The summed E-state index contributed by atoms with van der Waals surface area (Å²) in [6.45, 7) is -0.860. The van der Waals surface area contributed by atoms with Crippen molar-refractivity contribution in [2.24, 2.45) is 0 Å². The molecule has 1 aliphatic rings. The second kappa shape index (κ2) is 6.01. The van der Waals surface area contributed by atoms with Crippen LogP contribution in [-0.4, -0.2) is 22.9 Å². The number of rotatable bonds is 2. The van der Waals surface area contributed by atoms with E-state index in [2.05, 4.69) is 4.98 Å². The highest BCUT2D eigenvalue weighted by Gasteiger charge is 2.58. The number of alkyl halides is 6. The second-order valence-corrected chi connectivity index (χ2v) is 5.70. The van der Waals surface area contributed by atoms with Crippen LogP contribution in [0.4, 0.5) is 32.0 Å². The van der Waals surface area contributed by atoms with Crippen molar-refractivity contribution in [3.8, 4) is 0 Å². The minimum atomic E-state index is -5.02. The molecule has 3 rings (SSSR count). The number of benzene rings is 1. The van der Waals surface area contributed by atoms with Gasteiger partial charge in [-0.1, -0.05) is 18.2 Å². The maximum absolute atomic E-state index is 14.0. The Morgan fingerprint density at radius 2 is 1.73 bits per heavy atom. The Bertz CT molecular complexity index is 845. The van der Waals surface area contributed by atoms with Crippen LogP contribution in [0.15, 0.2) is 48.7 Å². The summed E-state index contributed by atoms with van der Waals surface area (Å²) in [5.41, 5.74) is -5.93. The summed E-state index contributed by atoms with van der Waals surface area (Å²) in [7, 11) is 0. The summed E-state index contributed by atoms with van der Waals surface area (Å²) >= 11 is 0. The van der Waals surface area contributed by atoms with Gasteiger partial charge in [0.15, 0.2) is 5.54 Å². The lowest BCUT2D eigenvalue weighted by Gasteiger charge is -2.39. The van der Waals surface area contributed by atoms with E-state index >= 15 is 0 Å². The summed E-state index contributed by atoms with van der Waals surface area (Å²) in [4.78, 5) is 3.68. The van der Waals surface area contributed by atoms with Crippen LogP contribution in [-0.2, 0) is 11.7 Å². The van der Waals surface area contributed by atoms with Crippen LogP contribution in [0.5, 0.6) is 0 Å². The molecule has 1 aromatic carbocycles. The maximum Gasteiger partial charge on any atom is 0.420 e. The van der Waals surface area contributed by atoms with E-state index in [1.807, 2.05) is 5.32 Å². The number of hydrogen-bond donors (Lipinski definition) is 2. The number of anilines is 1. The van der Waals surface area contributed by atoms with Crippen molar-refractivity contribution >= 4 is 11.3 Å². The van der Waals surface area contributed by atoms with Gasteiger partial charge in [-0.25, -0.2) is 0 Å². The smallest absolute Gasteiger partial charge is 0.392 e. The highest BCUT2D eigenvalue weighted by molar-refractivity contribution is 5.84. The minimum absolute atomic E-state index is 0.141. The Labute approximate surface area is 144 Å². The minimum Gasteiger partial charge on any atom is -0.392 e. The van der Waals surface area contributed by atoms with Crippen molar-refractivity contribution in [2.75, 3.05) is 11.9 Å². The number of aliphatic hydroxyl groups is 1. The largest absolute Gasteiger partial charge is 0.420 e. The van der Waals surface area contributed by atoms with Gasteiger partial charge in [0.25, 0.3) is 0 Å². The number of pyridine rings is 1. The first-order valence-corrected chi connectivity index (χ1v) is 7.40. The summed E-state index contributed by atoms with van der Waals surface area (Å²) in [5, 5.41) is 11.5. The molecular weight excluding hydrogens is 362 g/mol. The van der Waals surface area contributed by atoms with Crippen LogP contribution in [0.3, 0.4) is 0 Å². The van der Waals surface area contributed by atoms with Crippen molar-refractivity contribution in [3.63, 3.8) is 0 Å². The molecule has 1 unspecified atom stereocenters. The quantitative estimate of drug-likeness (QED) is 0.768. The van der Waals surface area contributed by atoms with Gasteiger partial charge < -0.3 is 10.4 Å². The molecule has 0 saturated carbocycles. The molecule has 1 aromatic heterocycles. The first-order valence-electron chi connectivity index (χ1n) is 7.40. The first-order chi connectivity index (χ1) is 12.1. The maximum atomic E-state index is 14.0. The van der Waals surface area contributed by atoms with Gasteiger partial charge in [0, 0.05) is 11.8 Å². The van der Waals surface area contributed by atoms with E-state index < -0.39 is 41.4 Å². The number of hydrogen-bond acceptors (Lipinski definition) is 3. The Hall–Kier alpha value is -2.55. The van der Waals surface area contributed by atoms with Gasteiger partial charge in [-0.2, -0.15) is 26.3 Å². The topological polar surface area (TPSA) is 45.2 Å². The second-order valence-electron chi connectivity index (χ2n) is 5.70. The average Bonchev–Trinajstić information content (AvgIpc) is 2.59. The molecule has 1 atom stereocenters. The molecule has 1 aliphatic heterocycles. The highest BCUT2D eigenvalue weighted by atomic mass is 19.4. The molecule has 0 spiro atoms. The van der Waals surface area contributed by atoms with Crippen LogP contribution in [0.1, 0.15) is 16.8 Å². The lowest BCUT2D eigenvalue weighted by atomic mass is 9.83. The van der Waals surface area contributed by atoms with E-state index in [9.17, 15) is 31.4 Å². The van der Waals surface area contributed by atoms with Gasteiger partial charge in [0.05, 0.1) is 23.6 Å². The Morgan fingerprint density at radius 1 is 1.00 bits per heavy atom. The number of halogens is 6. The third-order valence-corrected chi connectivity index (χ3v) is 4.12. The molecule has 0 saturated heterocycles. The molecular formula is C17H12F6N2O. The van der Waals surface area contributed by atoms with Crippen LogP contribution in [0, 0.1) is 0 Å². The number of nitrogens with one attached hydrogen (secondary N) is 1. The number of para-hydroxylation sites is 1. The van der Waals surface area contributed by atoms with E-state index in [-0.39, 0.29) is 11.1 Å². The molecule has 2 heterocycles. The van der Waals surface area contributed by atoms with E-state index in [0.717, 1.165) is 18.3 Å².